The molecule has 0 radical (unpaired) electrons. The third-order valence-electron chi connectivity index (χ3n) is 4.07. The van der Waals surface area contributed by atoms with Crippen molar-refractivity contribution < 1.29 is 35.1 Å². The number of anilines is 1. The van der Waals surface area contributed by atoms with Crippen LogP contribution in [0.2, 0.25) is 0 Å². The van der Waals surface area contributed by atoms with Crippen molar-refractivity contribution in [2.24, 2.45) is 0 Å². The second-order valence-electron chi connectivity index (χ2n) is 6.00. The number of para-hydroxylation sites is 1. The average Bonchev–Trinajstić information content (AvgIpc) is 2.56. The molecule has 2 unspecified atom stereocenters. The minimum absolute atomic E-state index is 0.137. The van der Waals surface area contributed by atoms with Crippen LogP contribution in [-0.2, 0) is 9.53 Å². The Bertz CT molecular complexity index is 540. The van der Waals surface area contributed by atoms with E-state index < -0.39 is 36.1 Å². The van der Waals surface area contributed by atoms with Crippen LogP contribution in [0.1, 0.15) is 19.3 Å². The Hall–Kier alpha value is -1.71. The van der Waals surface area contributed by atoms with Crippen molar-refractivity contribution in [3.05, 3.63) is 30.3 Å². The van der Waals surface area contributed by atoms with Gasteiger partial charge in [-0.2, -0.15) is 0 Å². The van der Waals surface area contributed by atoms with Crippen LogP contribution in [0.15, 0.2) is 30.3 Å². The summed E-state index contributed by atoms with van der Waals surface area (Å²) in [5.41, 5.74) is 0.724. The largest absolute Gasteiger partial charge is 0.481 e. The maximum absolute atomic E-state index is 10.8. The number of rotatable bonds is 7. The summed E-state index contributed by atoms with van der Waals surface area (Å²) in [5, 5.41) is 51.8. The number of aliphatic hydroxyl groups excluding tert-OH is 3. The first-order valence-electron chi connectivity index (χ1n) is 7.76. The zero-order chi connectivity index (χ0) is 17.7. The molecule has 1 fully saturated rings. The molecular formula is C16H23NO7. The Balaban J connectivity index is 2.09. The van der Waals surface area contributed by atoms with E-state index in [-0.39, 0.29) is 25.9 Å². The maximum atomic E-state index is 10.8. The zero-order valence-corrected chi connectivity index (χ0v) is 13.1. The van der Waals surface area contributed by atoms with Crippen LogP contribution in [-0.4, -0.2) is 68.2 Å². The summed E-state index contributed by atoms with van der Waals surface area (Å²) >= 11 is 0. The van der Waals surface area contributed by atoms with Crippen LogP contribution < -0.4 is 5.32 Å². The van der Waals surface area contributed by atoms with Gasteiger partial charge in [0.1, 0.15) is 18.3 Å². The molecule has 0 aromatic heterocycles. The summed E-state index contributed by atoms with van der Waals surface area (Å²) in [4.78, 5) is 10.8. The normalized spacial score (nSPS) is 31.4. The van der Waals surface area contributed by atoms with E-state index in [9.17, 15) is 25.2 Å². The van der Waals surface area contributed by atoms with Crippen molar-refractivity contribution >= 4 is 11.7 Å². The van der Waals surface area contributed by atoms with Crippen LogP contribution in [0.3, 0.4) is 0 Å². The van der Waals surface area contributed by atoms with Gasteiger partial charge in [-0.25, -0.2) is 0 Å². The van der Waals surface area contributed by atoms with Crippen molar-refractivity contribution in [1.29, 1.82) is 0 Å². The smallest absolute Gasteiger partial charge is 0.303 e. The minimum atomic E-state index is -2.08. The molecule has 0 spiro atoms. The van der Waals surface area contributed by atoms with Gasteiger partial charge in [0.05, 0.1) is 6.61 Å². The Morgan fingerprint density at radius 1 is 1.29 bits per heavy atom. The fourth-order valence-corrected chi connectivity index (χ4v) is 2.72. The van der Waals surface area contributed by atoms with Gasteiger partial charge < -0.3 is 35.6 Å². The lowest BCUT2D eigenvalue weighted by molar-refractivity contribution is -0.324. The van der Waals surface area contributed by atoms with Crippen LogP contribution in [0, 0.1) is 0 Å². The molecular weight excluding hydrogens is 318 g/mol. The van der Waals surface area contributed by atoms with Gasteiger partial charge in [0.15, 0.2) is 5.79 Å². The minimum Gasteiger partial charge on any atom is -0.481 e. The number of hydrogen-bond donors (Lipinski definition) is 6. The Morgan fingerprint density at radius 3 is 2.58 bits per heavy atom. The van der Waals surface area contributed by atoms with Gasteiger partial charge in [-0.1, -0.05) is 18.2 Å². The van der Waals surface area contributed by atoms with Gasteiger partial charge in [0, 0.05) is 24.6 Å². The summed E-state index contributed by atoms with van der Waals surface area (Å²) in [6.07, 6.45) is -4.64. The van der Waals surface area contributed by atoms with Crippen LogP contribution in [0.25, 0.3) is 0 Å². The van der Waals surface area contributed by atoms with E-state index in [0.29, 0.717) is 0 Å². The molecule has 5 atom stereocenters. The summed E-state index contributed by atoms with van der Waals surface area (Å²) < 4.78 is 5.14. The SMILES string of the molecule is O=C(O)CCC(CC1(O)OC[C@@H](O)[C@H](O)[C@H]1O)Nc1ccccc1. The van der Waals surface area contributed by atoms with Crippen molar-refractivity contribution in [1.82, 2.24) is 0 Å². The summed E-state index contributed by atoms with van der Waals surface area (Å²) in [5.74, 6) is -3.06. The number of nitrogens with one attached hydrogen (secondary N) is 1. The van der Waals surface area contributed by atoms with E-state index in [1.54, 1.807) is 24.3 Å². The van der Waals surface area contributed by atoms with E-state index in [0.717, 1.165) is 5.69 Å². The van der Waals surface area contributed by atoms with Crippen molar-refractivity contribution in [3.8, 4) is 0 Å². The number of aliphatic hydroxyl groups is 4. The molecule has 1 heterocycles. The quantitative estimate of drug-likeness (QED) is 0.391. The highest BCUT2D eigenvalue weighted by atomic mass is 16.6. The molecule has 2 rings (SSSR count). The van der Waals surface area contributed by atoms with Crippen LogP contribution >= 0.6 is 0 Å². The summed E-state index contributed by atoms with van der Waals surface area (Å²) in [7, 11) is 0. The molecule has 134 valence electrons. The first-order chi connectivity index (χ1) is 11.3. The van der Waals surface area contributed by atoms with Crippen molar-refractivity contribution in [2.45, 2.75) is 49.4 Å². The molecule has 0 aliphatic carbocycles. The first-order valence-corrected chi connectivity index (χ1v) is 7.76. The molecule has 0 amide bonds. The van der Waals surface area contributed by atoms with E-state index in [1.165, 1.54) is 0 Å². The third-order valence-corrected chi connectivity index (χ3v) is 4.07. The van der Waals surface area contributed by atoms with Gasteiger partial charge in [0.2, 0.25) is 0 Å². The van der Waals surface area contributed by atoms with E-state index in [2.05, 4.69) is 5.32 Å². The topological polar surface area (TPSA) is 139 Å². The molecule has 0 saturated carbocycles. The van der Waals surface area contributed by atoms with Gasteiger partial charge >= 0.3 is 5.97 Å². The third kappa shape index (κ3) is 4.65. The van der Waals surface area contributed by atoms with E-state index in [4.69, 9.17) is 9.84 Å². The van der Waals surface area contributed by atoms with Gasteiger partial charge in [-0.05, 0) is 18.6 Å². The van der Waals surface area contributed by atoms with Crippen LogP contribution in [0.4, 0.5) is 5.69 Å². The molecule has 1 aromatic carbocycles. The molecule has 6 N–H and O–H groups in total. The molecule has 1 aliphatic rings. The summed E-state index contributed by atoms with van der Waals surface area (Å²) in [6, 6.07) is 8.49. The molecule has 24 heavy (non-hydrogen) atoms. The molecule has 8 heteroatoms. The van der Waals surface area contributed by atoms with Gasteiger partial charge in [-0.3, -0.25) is 4.79 Å². The fourth-order valence-electron chi connectivity index (χ4n) is 2.72. The van der Waals surface area contributed by atoms with E-state index >= 15 is 0 Å². The highest BCUT2D eigenvalue weighted by Gasteiger charge is 2.49. The second-order valence-corrected chi connectivity index (χ2v) is 6.00. The Morgan fingerprint density at radius 2 is 1.96 bits per heavy atom. The highest BCUT2D eigenvalue weighted by molar-refractivity contribution is 5.66. The molecule has 8 nitrogen and oxygen atoms in total. The molecule has 1 aliphatic heterocycles. The van der Waals surface area contributed by atoms with Crippen LogP contribution in [0.5, 0.6) is 0 Å². The average molecular weight is 341 g/mol. The molecule has 0 bridgehead atoms. The van der Waals surface area contributed by atoms with Crippen molar-refractivity contribution in [2.75, 3.05) is 11.9 Å². The Labute approximate surface area is 139 Å². The number of aliphatic carboxylic acids is 1. The lowest BCUT2D eigenvalue weighted by Crippen LogP contribution is -2.62. The summed E-state index contributed by atoms with van der Waals surface area (Å²) in [6.45, 7) is -0.328. The monoisotopic (exact) mass is 341 g/mol. The number of hydrogen-bond acceptors (Lipinski definition) is 7. The lowest BCUT2D eigenvalue weighted by atomic mass is 9.90. The lowest BCUT2D eigenvalue weighted by Gasteiger charge is -2.43. The maximum Gasteiger partial charge on any atom is 0.303 e. The second kappa shape index (κ2) is 7.91. The number of benzene rings is 1. The molecule has 1 aromatic rings. The van der Waals surface area contributed by atoms with Gasteiger partial charge in [0.25, 0.3) is 0 Å². The highest BCUT2D eigenvalue weighted by Crippen LogP contribution is 2.30. The van der Waals surface area contributed by atoms with E-state index in [1.807, 2.05) is 6.07 Å². The predicted molar refractivity (Wildman–Crippen MR) is 84.3 cm³/mol. The zero-order valence-electron chi connectivity index (χ0n) is 13.1. The number of carbonyl (C=O) groups is 1. The Kier molecular flexibility index (Phi) is 6.14. The van der Waals surface area contributed by atoms with Gasteiger partial charge in [-0.15, -0.1) is 0 Å². The number of ether oxygens (including phenoxy) is 1. The molecule has 1 saturated heterocycles. The predicted octanol–water partition coefficient (Wildman–Crippen LogP) is -0.476. The standard InChI is InChI=1S/C16H23NO7/c18-12-9-24-16(23,15(22)14(12)21)8-11(6-7-13(19)20)17-10-4-2-1-3-5-10/h1-5,11-12,14-15,17-18,21-23H,6-9H2,(H,19,20)/t11?,12-,14+,15-,16?/m1/s1. The number of carboxylic acids is 1. The van der Waals surface area contributed by atoms with Crippen molar-refractivity contribution in [3.63, 3.8) is 0 Å². The fraction of sp³-hybridized carbons (Fsp3) is 0.562. The first kappa shape index (κ1) is 18.6. The number of carboxylic acid groups (broad SMARTS) is 1.